The Morgan fingerprint density at radius 1 is 1.77 bits per heavy atom. The predicted octanol–water partition coefficient (Wildman–Crippen LogP) is 1.65. The molecule has 0 heterocycles. The quantitative estimate of drug-likeness (QED) is 0.599. The first kappa shape index (κ1) is 7.72. The predicted molar refractivity (Wildman–Crippen MR) is 54.3 cm³/mol. The van der Waals surface area contributed by atoms with Gasteiger partial charge in [-0.1, -0.05) is 0 Å². The molecular formula is C10H14O2Se. The number of rotatable bonds is 3. The molecule has 0 aliphatic carbocycles. The summed E-state index contributed by atoms with van der Waals surface area (Å²) in [5, 5.41) is -1.63. The molecule has 0 saturated carbocycles. The molecule has 1 aromatic rings. The number of hydrogen-bond acceptors (Lipinski definition) is 2. The van der Waals surface area contributed by atoms with Crippen LogP contribution in [0.25, 0.3) is 0 Å². The number of aryl methyl sites for hydroxylation is 1. The summed E-state index contributed by atoms with van der Waals surface area (Å²) in [5.41, 5.74) is 0.820. The van der Waals surface area contributed by atoms with Crippen molar-refractivity contribution in [3.8, 4) is 5.75 Å². The van der Waals surface area contributed by atoms with Gasteiger partial charge in [-0.3, -0.25) is 0 Å². The van der Waals surface area contributed by atoms with E-state index < -0.39 is 19.1 Å². The van der Waals surface area contributed by atoms with Crippen molar-refractivity contribution in [2.24, 2.45) is 0 Å². The zero-order valence-electron chi connectivity index (χ0n) is 9.96. The second-order valence-corrected chi connectivity index (χ2v) is 5.51. The van der Waals surface area contributed by atoms with Crippen molar-refractivity contribution < 1.29 is 11.3 Å². The first-order chi connectivity index (χ1) is 6.86. The molecule has 0 aromatic heterocycles. The molecule has 0 amide bonds. The van der Waals surface area contributed by atoms with Gasteiger partial charge in [0.25, 0.3) is 0 Å². The van der Waals surface area contributed by atoms with Gasteiger partial charge in [-0.05, 0) is 0 Å². The van der Waals surface area contributed by atoms with Crippen molar-refractivity contribution in [1.29, 1.82) is 0 Å². The fourth-order valence-electron chi connectivity index (χ4n) is 1.07. The van der Waals surface area contributed by atoms with Crippen molar-refractivity contribution in [2.75, 3.05) is 7.11 Å². The van der Waals surface area contributed by atoms with Crippen LogP contribution in [0.15, 0.2) is 18.2 Å². The van der Waals surface area contributed by atoms with E-state index in [0.29, 0.717) is 10.2 Å². The van der Waals surface area contributed by atoms with Gasteiger partial charge in [-0.15, -0.1) is 0 Å². The zero-order valence-corrected chi connectivity index (χ0v) is 9.67. The SMILES string of the molecule is [1H][13C]([2H])(C)[Se](=O)c1ccc(OC)cc1C. The van der Waals surface area contributed by atoms with E-state index in [-0.39, 0.29) is 0 Å². The molecule has 2 atom stereocenters. The van der Waals surface area contributed by atoms with Gasteiger partial charge < -0.3 is 0 Å². The second-order valence-electron chi connectivity index (χ2n) is 2.60. The molecule has 3 heteroatoms. The Balaban J connectivity index is 3.12. The van der Waals surface area contributed by atoms with Crippen LogP contribution in [-0.4, -0.2) is 20.9 Å². The molecule has 2 nitrogen and oxygen atoms in total. The third kappa shape index (κ3) is 2.39. The maximum absolute atomic E-state index is 11.9. The molecule has 1 aromatic carbocycles. The van der Waals surface area contributed by atoms with Crippen molar-refractivity contribution in [2.45, 2.75) is 19.1 Å². The minimum absolute atomic E-state index is 0.614. The standard InChI is InChI=1S/C10H14O2Se/c1-4-13(11)10-6-5-9(12-3)7-8(10)2/h5-7H,4H2,1-3H3/i4+1DH. The van der Waals surface area contributed by atoms with Gasteiger partial charge in [0.15, 0.2) is 0 Å². The molecule has 0 N–H and O–H groups in total. The summed E-state index contributed by atoms with van der Waals surface area (Å²) in [4.78, 5) is 0. The first-order valence-corrected chi connectivity index (χ1v) is 6.34. The summed E-state index contributed by atoms with van der Waals surface area (Å²) in [6.07, 6.45) is 0. The van der Waals surface area contributed by atoms with Gasteiger partial charge in [-0.2, -0.15) is 0 Å². The summed E-state index contributed by atoms with van der Waals surface area (Å²) in [5.74, 6) is 0.701. The Kier molecular flexibility index (Phi) is 2.70. The van der Waals surface area contributed by atoms with E-state index in [1.165, 1.54) is 6.92 Å². The number of benzene rings is 1. The van der Waals surface area contributed by atoms with Gasteiger partial charge in [0, 0.05) is 0 Å². The van der Waals surface area contributed by atoms with E-state index >= 15 is 0 Å². The second kappa shape index (κ2) is 4.54. The molecule has 0 spiro atoms. The Morgan fingerprint density at radius 2 is 2.46 bits per heavy atom. The van der Waals surface area contributed by atoms with Crippen LogP contribution < -0.4 is 9.20 Å². The average Bonchev–Trinajstić information content (AvgIpc) is 2.15. The third-order valence-corrected chi connectivity index (χ3v) is 4.34. The summed E-state index contributed by atoms with van der Waals surface area (Å²) in [6.45, 7) is 3.17. The van der Waals surface area contributed by atoms with Gasteiger partial charge in [0.1, 0.15) is 0 Å². The maximum atomic E-state index is 11.9. The Bertz CT molecular complexity index is 385. The number of hydrogen-bond donors (Lipinski definition) is 0. The minimum atomic E-state index is -2.65. The molecule has 0 fully saturated rings. The Hall–Kier alpha value is -0.661. The Labute approximate surface area is 85.8 Å². The van der Waals surface area contributed by atoms with Crippen LogP contribution in [0.4, 0.5) is 0 Å². The summed E-state index contributed by atoms with van der Waals surface area (Å²) >= 11 is -2.65. The fraction of sp³-hybridized carbons (Fsp3) is 0.400. The fourth-order valence-corrected chi connectivity index (χ4v) is 2.67. The van der Waals surface area contributed by atoms with Crippen LogP contribution in [0.3, 0.4) is 0 Å². The van der Waals surface area contributed by atoms with Crippen LogP contribution in [-0.2, 0) is 3.83 Å². The average molecular weight is 247 g/mol. The normalized spacial score (nSPS) is 19.6. The van der Waals surface area contributed by atoms with E-state index in [1.807, 2.05) is 6.92 Å². The summed E-state index contributed by atoms with van der Waals surface area (Å²) in [7, 11) is 1.57. The van der Waals surface area contributed by atoms with Crippen molar-refractivity contribution in [3.05, 3.63) is 23.8 Å². The van der Waals surface area contributed by atoms with Crippen molar-refractivity contribution >= 4 is 18.3 Å². The molecule has 0 radical (unpaired) electrons. The van der Waals surface area contributed by atoms with Crippen LogP contribution in [0.5, 0.6) is 5.75 Å². The van der Waals surface area contributed by atoms with Crippen LogP contribution in [0, 0.1) is 6.92 Å². The summed E-state index contributed by atoms with van der Waals surface area (Å²) in [6, 6.07) is 5.17. The van der Waals surface area contributed by atoms with Crippen LogP contribution in [0.1, 0.15) is 15.2 Å². The molecule has 2 unspecified atom stereocenters. The van der Waals surface area contributed by atoms with E-state index in [4.69, 9.17) is 7.48 Å². The molecule has 0 bridgehead atoms. The van der Waals surface area contributed by atoms with E-state index in [9.17, 15) is 3.83 Å². The molecule has 0 aliphatic heterocycles. The third-order valence-electron chi connectivity index (χ3n) is 1.77. The zero-order chi connectivity index (χ0) is 11.6. The van der Waals surface area contributed by atoms with E-state index in [0.717, 1.165) is 5.56 Å². The van der Waals surface area contributed by atoms with Crippen LogP contribution >= 0.6 is 0 Å². The van der Waals surface area contributed by atoms with Gasteiger partial charge in [0.05, 0.1) is 0 Å². The molecule has 0 aliphatic rings. The first-order valence-electron chi connectivity index (χ1n) is 4.93. The van der Waals surface area contributed by atoms with E-state index in [1.54, 1.807) is 25.3 Å². The molecule has 13 heavy (non-hydrogen) atoms. The number of methoxy groups -OCH3 is 1. The van der Waals surface area contributed by atoms with Crippen molar-refractivity contribution in [3.63, 3.8) is 0 Å². The van der Waals surface area contributed by atoms with Gasteiger partial charge in [0.2, 0.25) is 0 Å². The van der Waals surface area contributed by atoms with Crippen molar-refractivity contribution in [1.82, 2.24) is 0 Å². The monoisotopic (exact) mass is 248 g/mol. The molecule has 72 valence electrons. The van der Waals surface area contributed by atoms with Crippen LogP contribution in [0.2, 0.25) is 5.27 Å². The van der Waals surface area contributed by atoms with E-state index in [2.05, 4.69) is 0 Å². The number of ether oxygens (including phenoxy) is 1. The molecule has 0 saturated heterocycles. The molecule has 1 rings (SSSR count). The Morgan fingerprint density at radius 3 is 2.92 bits per heavy atom. The topological polar surface area (TPSA) is 26.3 Å². The van der Waals surface area contributed by atoms with Gasteiger partial charge in [-0.25, -0.2) is 0 Å². The molecular weight excluding hydrogens is 232 g/mol. The summed E-state index contributed by atoms with van der Waals surface area (Å²) < 4.78 is 32.4. The van der Waals surface area contributed by atoms with Gasteiger partial charge >= 0.3 is 85.3 Å².